The third-order valence-electron chi connectivity index (χ3n) is 2.91. The van der Waals surface area contributed by atoms with Crippen molar-refractivity contribution in [1.82, 2.24) is 10.0 Å². The highest BCUT2D eigenvalue weighted by atomic mass is 32.2. The number of hydrogen-bond acceptors (Lipinski definition) is 3. The molecule has 0 fully saturated rings. The summed E-state index contributed by atoms with van der Waals surface area (Å²) in [5.41, 5.74) is 1.03. The lowest BCUT2D eigenvalue weighted by Crippen LogP contribution is -2.28. The number of nitrogens with one attached hydrogen (secondary N) is 2. The molecule has 0 radical (unpaired) electrons. The predicted octanol–water partition coefficient (Wildman–Crippen LogP) is 2.16. The fraction of sp³-hybridized carbons (Fsp3) is 0.571. The van der Waals surface area contributed by atoms with Crippen LogP contribution in [0.15, 0.2) is 29.2 Å². The summed E-state index contributed by atoms with van der Waals surface area (Å²) in [6.45, 7) is 3.15. The van der Waals surface area contributed by atoms with E-state index in [0.717, 1.165) is 37.9 Å². The standard InChI is InChI=1S/C14H22F2N2O2S/c1-2-9-17-10-3-4-12-5-7-13(8-6-12)21(19,20)18-11-14(15)16/h5-8,14,17-18H,2-4,9-11H2,1H3. The Balaban J connectivity index is 2.49. The topological polar surface area (TPSA) is 58.2 Å². The van der Waals surface area contributed by atoms with Crippen LogP contribution in [-0.2, 0) is 16.4 Å². The molecule has 120 valence electrons. The lowest BCUT2D eigenvalue weighted by molar-refractivity contribution is 0.153. The molecule has 1 aromatic carbocycles. The zero-order valence-corrected chi connectivity index (χ0v) is 12.9. The SMILES string of the molecule is CCCNCCCc1ccc(S(=O)(=O)NCC(F)F)cc1. The lowest BCUT2D eigenvalue weighted by Gasteiger charge is -2.07. The fourth-order valence-corrected chi connectivity index (χ4v) is 2.82. The molecule has 0 saturated carbocycles. The molecule has 0 bridgehead atoms. The van der Waals surface area contributed by atoms with Crippen molar-refractivity contribution in [2.24, 2.45) is 0 Å². The second-order valence-electron chi connectivity index (χ2n) is 4.74. The van der Waals surface area contributed by atoms with Gasteiger partial charge in [0.1, 0.15) is 0 Å². The van der Waals surface area contributed by atoms with Crippen LogP contribution in [0.2, 0.25) is 0 Å². The van der Waals surface area contributed by atoms with Gasteiger partial charge in [-0.3, -0.25) is 0 Å². The molecular formula is C14H22F2N2O2S. The Morgan fingerprint density at radius 2 is 1.81 bits per heavy atom. The van der Waals surface area contributed by atoms with Crippen molar-refractivity contribution in [3.05, 3.63) is 29.8 Å². The average Bonchev–Trinajstić information content (AvgIpc) is 2.46. The number of benzene rings is 1. The van der Waals surface area contributed by atoms with Crippen molar-refractivity contribution in [2.45, 2.75) is 37.5 Å². The van der Waals surface area contributed by atoms with Crippen LogP contribution in [0.3, 0.4) is 0 Å². The van der Waals surface area contributed by atoms with E-state index in [4.69, 9.17) is 0 Å². The van der Waals surface area contributed by atoms with Crippen LogP contribution in [0.4, 0.5) is 8.78 Å². The van der Waals surface area contributed by atoms with Gasteiger partial charge in [0, 0.05) is 0 Å². The predicted molar refractivity (Wildman–Crippen MR) is 79.1 cm³/mol. The normalized spacial score (nSPS) is 12.0. The van der Waals surface area contributed by atoms with E-state index in [9.17, 15) is 17.2 Å². The fourth-order valence-electron chi connectivity index (χ4n) is 1.81. The Bertz CT molecular complexity index is 504. The molecule has 0 aliphatic heterocycles. The van der Waals surface area contributed by atoms with Crippen molar-refractivity contribution >= 4 is 10.0 Å². The van der Waals surface area contributed by atoms with Gasteiger partial charge in [0.25, 0.3) is 6.43 Å². The van der Waals surface area contributed by atoms with Gasteiger partial charge in [0.15, 0.2) is 0 Å². The Morgan fingerprint density at radius 1 is 1.14 bits per heavy atom. The summed E-state index contributed by atoms with van der Waals surface area (Å²) in [6, 6.07) is 6.33. The van der Waals surface area contributed by atoms with Crippen molar-refractivity contribution in [1.29, 1.82) is 0 Å². The van der Waals surface area contributed by atoms with E-state index in [0.29, 0.717) is 0 Å². The maximum atomic E-state index is 12.0. The summed E-state index contributed by atoms with van der Waals surface area (Å²) < 4.78 is 49.4. The maximum absolute atomic E-state index is 12.0. The first kappa shape index (κ1) is 18.0. The molecule has 0 saturated heterocycles. The van der Waals surface area contributed by atoms with Crippen molar-refractivity contribution in [3.63, 3.8) is 0 Å². The van der Waals surface area contributed by atoms with Crippen LogP contribution < -0.4 is 10.0 Å². The monoisotopic (exact) mass is 320 g/mol. The van der Waals surface area contributed by atoms with Gasteiger partial charge in [-0.1, -0.05) is 19.1 Å². The second kappa shape index (κ2) is 9.07. The molecule has 0 aromatic heterocycles. The Labute approximate surface area is 125 Å². The third-order valence-corrected chi connectivity index (χ3v) is 4.35. The van der Waals surface area contributed by atoms with Crippen molar-refractivity contribution in [2.75, 3.05) is 19.6 Å². The summed E-state index contributed by atoms with van der Waals surface area (Å²) in [5, 5.41) is 3.29. The van der Waals surface area contributed by atoms with E-state index >= 15 is 0 Å². The van der Waals surface area contributed by atoms with E-state index in [2.05, 4.69) is 12.2 Å². The molecule has 0 unspecified atom stereocenters. The maximum Gasteiger partial charge on any atom is 0.251 e. The van der Waals surface area contributed by atoms with Crippen LogP contribution in [0.1, 0.15) is 25.3 Å². The first-order chi connectivity index (χ1) is 9.95. The minimum atomic E-state index is -3.85. The Morgan fingerprint density at radius 3 is 2.38 bits per heavy atom. The summed E-state index contributed by atoms with van der Waals surface area (Å²) in [4.78, 5) is 0.0102. The van der Waals surface area contributed by atoms with Gasteiger partial charge in [-0.15, -0.1) is 0 Å². The van der Waals surface area contributed by atoms with Gasteiger partial charge >= 0.3 is 0 Å². The smallest absolute Gasteiger partial charge is 0.251 e. The number of halogens is 2. The molecule has 0 aliphatic rings. The quantitative estimate of drug-likeness (QED) is 0.650. The lowest BCUT2D eigenvalue weighted by atomic mass is 10.1. The van der Waals surface area contributed by atoms with Crippen LogP contribution in [-0.4, -0.2) is 34.5 Å². The Hall–Kier alpha value is -1.05. The zero-order chi connectivity index (χ0) is 15.7. The number of sulfonamides is 1. The summed E-state index contributed by atoms with van der Waals surface area (Å²) in [5.74, 6) is 0. The van der Waals surface area contributed by atoms with Gasteiger partial charge < -0.3 is 5.32 Å². The molecule has 21 heavy (non-hydrogen) atoms. The summed E-state index contributed by atoms with van der Waals surface area (Å²) in [6.07, 6.45) is 0.213. The summed E-state index contributed by atoms with van der Waals surface area (Å²) >= 11 is 0. The summed E-state index contributed by atoms with van der Waals surface area (Å²) in [7, 11) is -3.85. The van der Waals surface area contributed by atoms with Gasteiger partial charge in [0.05, 0.1) is 11.4 Å². The van der Waals surface area contributed by atoms with Gasteiger partial charge in [-0.2, -0.15) is 0 Å². The van der Waals surface area contributed by atoms with Gasteiger partial charge in [-0.05, 0) is 50.0 Å². The molecule has 0 amide bonds. The van der Waals surface area contributed by atoms with Crippen LogP contribution in [0, 0.1) is 0 Å². The number of aryl methyl sites for hydroxylation is 1. The van der Waals surface area contributed by atoms with E-state index in [1.165, 1.54) is 12.1 Å². The van der Waals surface area contributed by atoms with Gasteiger partial charge in [0.2, 0.25) is 10.0 Å². The first-order valence-corrected chi connectivity index (χ1v) is 8.51. The van der Waals surface area contributed by atoms with E-state index in [-0.39, 0.29) is 4.90 Å². The molecule has 1 aromatic rings. The minimum Gasteiger partial charge on any atom is -0.317 e. The van der Waals surface area contributed by atoms with E-state index < -0.39 is 23.0 Å². The van der Waals surface area contributed by atoms with Crippen molar-refractivity contribution < 1.29 is 17.2 Å². The number of alkyl halides is 2. The molecule has 0 spiro atoms. The van der Waals surface area contributed by atoms with Crippen LogP contribution >= 0.6 is 0 Å². The zero-order valence-electron chi connectivity index (χ0n) is 12.1. The minimum absolute atomic E-state index is 0.0102. The Kier molecular flexibility index (Phi) is 7.77. The van der Waals surface area contributed by atoms with Crippen LogP contribution in [0.5, 0.6) is 0 Å². The largest absolute Gasteiger partial charge is 0.317 e. The molecule has 0 aliphatic carbocycles. The highest BCUT2D eigenvalue weighted by Crippen LogP contribution is 2.12. The molecular weight excluding hydrogens is 298 g/mol. The third kappa shape index (κ3) is 6.97. The molecule has 4 nitrogen and oxygen atoms in total. The highest BCUT2D eigenvalue weighted by Gasteiger charge is 2.15. The van der Waals surface area contributed by atoms with Crippen molar-refractivity contribution in [3.8, 4) is 0 Å². The molecule has 0 atom stereocenters. The van der Waals surface area contributed by atoms with E-state index in [1.807, 2.05) is 4.72 Å². The average molecular weight is 320 g/mol. The highest BCUT2D eigenvalue weighted by molar-refractivity contribution is 7.89. The van der Waals surface area contributed by atoms with Crippen LogP contribution in [0.25, 0.3) is 0 Å². The molecule has 2 N–H and O–H groups in total. The number of hydrogen-bond donors (Lipinski definition) is 2. The number of rotatable bonds is 10. The van der Waals surface area contributed by atoms with E-state index in [1.54, 1.807) is 12.1 Å². The molecule has 7 heteroatoms. The first-order valence-electron chi connectivity index (χ1n) is 7.03. The second-order valence-corrected chi connectivity index (χ2v) is 6.51. The molecule has 1 rings (SSSR count). The molecule has 0 heterocycles. The van der Waals surface area contributed by atoms with Gasteiger partial charge in [-0.25, -0.2) is 21.9 Å².